The Labute approximate surface area is 106 Å². The first kappa shape index (κ1) is 14.1. The van der Waals surface area contributed by atoms with Gasteiger partial charge in [-0.2, -0.15) is 0 Å². The van der Waals surface area contributed by atoms with Gasteiger partial charge in [-0.15, -0.1) is 0 Å². The molecule has 94 valence electrons. The number of rotatable bonds is 3. The molecule has 0 aromatic heterocycles. The van der Waals surface area contributed by atoms with E-state index in [9.17, 15) is 9.18 Å². The number of benzene rings is 1. The van der Waals surface area contributed by atoms with Gasteiger partial charge in [0.2, 0.25) is 0 Å². The van der Waals surface area contributed by atoms with Gasteiger partial charge in [0.05, 0.1) is 11.1 Å². The second-order valence-corrected chi connectivity index (χ2v) is 5.64. The summed E-state index contributed by atoms with van der Waals surface area (Å²) in [5.74, 6) is -0.553. The number of ketones is 1. The molecule has 0 amide bonds. The van der Waals surface area contributed by atoms with Crippen molar-refractivity contribution in [3.05, 3.63) is 34.6 Å². The molecule has 17 heavy (non-hydrogen) atoms. The van der Waals surface area contributed by atoms with Crippen molar-refractivity contribution in [3.63, 3.8) is 0 Å². The number of carbonyl (C=O) groups excluding carboxylic acids is 1. The summed E-state index contributed by atoms with van der Waals surface area (Å²) in [5, 5.41) is 0.0274. The Morgan fingerprint density at radius 1 is 1.47 bits per heavy atom. The van der Waals surface area contributed by atoms with Gasteiger partial charge < -0.3 is 5.73 Å². The maximum Gasteiger partial charge on any atom is 0.154 e. The molecule has 0 saturated carbocycles. The van der Waals surface area contributed by atoms with Crippen LogP contribution in [-0.4, -0.2) is 11.8 Å². The lowest BCUT2D eigenvalue weighted by Crippen LogP contribution is -2.43. The lowest BCUT2D eigenvalue weighted by molar-refractivity contribution is -0.121. The largest absolute Gasteiger partial charge is 0.321 e. The third kappa shape index (κ3) is 3.79. The summed E-state index contributed by atoms with van der Waals surface area (Å²) < 4.78 is 12.9. The van der Waals surface area contributed by atoms with Crippen LogP contribution in [0.3, 0.4) is 0 Å². The summed E-state index contributed by atoms with van der Waals surface area (Å²) in [5.41, 5.74) is 6.26. The molecular formula is C13H17ClFNO. The Bertz CT molecular complexity index is 426. The molecule has 2 nitrogen and oxygen atoms in total. The molecule has 0 aliphatic rings. The number of halogens is 2. The van der Waals surface area contributed by atoms with Crippen molar-refractivity contribution in [1.29, 1.82) is 0 Å². The highest BCUT2D eigenvalue weighted by molar-refractivity contribution is 6.30. The lowest BCUT2D eigenvalue weighted by Gasteiger charge is -2.25. The maximum atomic E-state index is 12.9. The second kappa shape index (κ2) is 5.15. The highest BCUT2D eigenvalue weighted by atomic mass is 35.5. The first-order valence-corrected chi connectivity index (χ1v) is 5.82. The minimum Gasteiger partial charge on any atom is -0.321 e. The van der Waals surface area contributed by atoms with E-state index in [2.05, 4.69) is 0 Å². The van der Waals surface area contributed by atoms with Crippen LogP contribution in [0, 0.1) is 11.2 Å². The van der Waals surface area contributed by atoms with Crippen LogP contribution in [0.1, 0.15) is 26.3 Å². The molecule has 1 aromatic rings. The van der Waals surface area contributed by atoms with Crippen molar-refractivity contribution < 1.29 is 9.18 Å². The number of hydrogen-bond acceptors (Lipinski definition) is 2. The van der Waals surface area contributed by atoms with Crippen LogP contribution in [0.25, 0.3) is 0 Å². The zero-order chi connectivity index (χ0) is 13.2. The van der Waals surface area contributed by atoms with Gasteiger partial charge >= 0.3 is 0 Å². The zero-order valence-corrected chi connectivity index (χ0v) is 11.0. The van der Waals surface area contributed by atoms with Crippen LogP contribution in [0.15, 0.2) is 18.2 Å². The van der Waals surface area contributed by atoms with Gasteiger partial charge in [-0.3, -0.25) is 4.79 Å². The highest BCUT2D eigenvalue weighted by Gasteiger charge is 2.27. The topological polar surface area (TPSA) is 43.1 Å². The predicted octanol–water partition coefficient (Wildman–Crippen LogP) is 2.96. The molecule has 0 spiro atoms. The SMILES string of the molecule is CC(C)(C)C(N)C(=O)Cc1ccc(F)c(Cl)c1. The first-order chi connectivity index (χ1) is 7.71. The molecule has 1 unspecified atom stereocenters. The van der Waals surface area contributed by atoms with E-state index in [1.807, 2.05) is 20.8 Å². The van der Waals surface area contributed by atoms with E-state index < -0.39 is 11.9 Å². The molecule has 0 aliphatic carbocycles. The third-order valence-corrected chi connectivity index (χ3v) is 2.93. The summed E-state index contributed by atoms with van der Waals surface area (Å²) >= 11 is 5.65. The van der Waals surface area contributed by atoms with Gasteiger partial charge in [-0.05, 0) is 23.1 Å². The standard InChI is InChI=1S/C13H17ClFNO/c1-13(2,3)12(16)11(17)7-8-4-5-10(15)9(14)6-8/h4-6,12H,7,16H2,1-3H3. The number of nitrogens with two attached hydrogens (primary N) is 1. The Kier molecular flexibility index (Phi) is 4.28. The minimum absolute atomic E-state index is 0.0274. The summed E-state index contributed by atoms with van der Waals surface area (Å²) in [6, 6.07) is 3.73. The molecule has 0 heterocycles. The van der Waals surface area contributed by atoms with E-state index in [-0.39, 0.29) is 22.6 Å². The van der Waals surface area contributed by atoms with Gasteiger partial charge in [0.1, 0.15) is 5.82 Å². The van der Waals surface area contributed by atoms with Crippen LogP contribution < -0.4 is 5.73 Å². The molecule has 1 aromatic carbocycles. The monoisotopic (exact) mass is 257 g/mol. The van der Waals surface area contributed by atoms with Crippen LogP contribution in [-0.2, 0) is 11.2 Å². The van der Waals surface area contributed by atoms with E-state index in [4.69, 9.17) is 17.3 Å². The van der Waals surface area contributed by atoms with Gasteiger partial charge in [-0.1, -0.05) is 38.4 Å². The normalized spacial score (nSPS) is 13.5. The molecule has 0 aliphatic heterocycles. The molecule has 0 fully saturated rings. The third-order valence-electron chi connectivity index (χ3n) is 2.64. The van der Waals surface area contributed by atoms with E-state index in [0.29, 0.717) is 5.56 Å². The van der Waals surface area contributed by atoms with E-state index in [1.54, 1.807) is 6.07 Å². The van der Waals surface area contributed by atoms with Crippen LogP contribution in [0.5, 0.6) is 0 Å². The molecule has 0 saturated heterocycles. The van der Waals surface area contributed by atoms with Crippen molar-refractivity contribution in [3.8, 4) is 0 Å². The van der Waals surface area contributed by atoms with Crippen LogP contribution >= 0.6 is 11.6 Å². The van der Waals surface area contributed by atoms with Crippen molar-refractivity contribution >= 4 is 17.4 Å². The molecule has 2 N–H and O–H groups in total. The maximum absolute atomic E-state index is 12.9. The van der Waals surface area contributed by atoms with E-state index in [0.717, 1.165) is 0 Å². The lowest BCUT2D eigenvalue weighted by atomic mass is 9.83. The molecule has 0 radical (unpaired) electrons. The average molecular weight is 258 g/mol. The Hall–Kier alpha value is -0.930. The first-order valence-electron chi connectivity index (χ1n) is 5.44. The van der Waals surface area contributed by atoms with E-state index >= 15 is 0 Å². The fourth-order valence-electron chi connectivity index (χ4n) is 1.44. The fourth-order valence-corrected chi connectivity index (χ4v) is 1.65. The Morgan fingerprint density at radius 3 is 2.53 bits per heavy atom. The summed E-state index contributed by atoms with van der Waals surface area (Å²) in [6.45, 7) is 5.73. The van der Waals surface area contributed by atoms with Crippen molar-refractivity contribution in [1.82, 2.24) is 0 Å². The minimum atomic E-state index is -0.536. The average Bonchev–Trinajstić information content (AvgIpc) is 2.21. The molecule has 4 heteroatoms. The Morgan fingerprint density at radius 2 is 2.06 bits per heavy atom. The van der Waals surface area contributed by atoms with Gasteiger partial charge in [0.15, 0.2) is 5.78 Å². The van der Waals surface area contributed by atoms with Crippen molar-refractivity contribution in [2.75, 3.05) is 0 Å². The zero-order valence-electron chi connectivity index (χ0n) is 10.3. The van der Waals surface area contributed by atoms with Crippen molar-refractivity contribution in [2.24, 2.45) is 11.1 Å². The molecule has 0 bridgehead atoms. The van der Waals surface area contributed by atoms with Crippen molar-refractivity contribution in [2.45, 2.75) is 33.2 Å². The molecular weight excluding hydrogens is 241 g/mol. The predicted molar refractivity (Wildman–Crippen MR) is 67.6 cm³/mol. The van der Waals surface area contributed by atoms with E-state index in [1.165, 1.54) is 12.1 Å². The number of carbonyl (C=O) groups is 1. The fraction of sp³-hybridized carbons (Fsp3) is 0.462. The molecule has 1 rings (SSSR count). The second-order valence-electron chi connectivity index (χ2n) is 5.24. The van der Waals surface area contributed by atoms with Gasteiger partial charge in [-0.25, -0.2) is 4.39 Å². The number of Topliss-reactive ketones (excluding diaryl/α,β-unsaturated/α-hetero) is 1. The van der Waals surface area contributed by atoms with Gasteiger partial charge in [0, 0.05) is 6.42 Å². The van der Waals surface area contributed by atoms with Crippen LogP contribution in [0.4, 0.5) is 4.39 Å². The molecule has 1 atom stereocenters. The van der Waals surface area contributed by atoms with Gasteiger partial charge in [0.25, 0.3) is 0 Å². The smallest absolute Gasteiger partial charge is 0.154 e. The summed E-state index contributed by atoms with van der Waals surface area (Å²) in [4.78, 5) is 11.9. The summed E-state index contributed by atoms with van der Waals surface area (Å²) in [6.07, 6.45) is 0.179. The summed E-state index contributed by atoms with van der Waals surface area (Å²) in [7, 11) is 0. The highest BCUT2D eigenvalue weighted by Crippen LogP contribution is 2.21. The van der Waals surface area contributed by atoms with Crippen LogP contribution in [0.2, 0.25) is 5.02 Å². The quantitative estimate of drug-likeness (QED) is 0.905. The Balaban J connectivity index is 2.78. The number of hydrogen-bond donors (Lipinski definition) is 1.